The van der Waals surface area contributed by atoms with Crippen molar-refractivity contribution in [3.05, 3.63) is 58.6 Å². The number of rotatable bonds is 5. The average Bonchev–Trinajstić information content (AvgIpc) is 2.88. The molecule has 0 unspecified atom stereocenters. The second-order valence-electron chi connectivity index (χ2n) is 5.83. The number of aromatic nitrogens is 1. The zero-order valence-electron chi connectivity index (χ0n) is 14.2. The molecule has 0 aliphatic carbocycles. The fourth-order valence-corrected chi connectivity index (χ4v) is 4.34. The van der Waals surface area contributed by atoms with Crippen LogP contribution in [0.25, 0.3) is 10.2 Å². The second kappa shape index (κ2) is 7.97. The number of aryl methyl sites for hydroxylation is 2. The van der Waals surface area contributed by atoms with Crippen LogP contribution in [0.2, 0.25) is 0 Å². The Bertz CT molecular complexity index is 958. The molecule has 0 fully saturated rings. The van der Waals surface area contributed by atoms with Gasteiger partial charge >= 0.3 is 0 Å². The highest BCUT2D eigenvalue weighted by Gasteiger charge is 2.06. The van der Waals surface area contributed by atoms with Crippen molar-refractivity contribution in [1.82, 2.24) is 4.57 Å². The largest absolute Gasteiger partial charge is 0.319 e. The van der Waals surface area contributed by atoms with E-state index in [0.717, 1.165) is 22.4 Å². The SMILES string of the molecule is Cc1ccc(SCCCC(=O)N=c2sc3cc(F)ccc3n2C)cc1. The smallest absolute Gasteiger partial charge is 0.248 e. The van der Waals surface area contributed by atoms with Gasteiger partial charge < -0.3 is 4.57 Å². The van der Waals surface area contributed by atoms with Gasteiger partial charge in [-0.2, -0.15) is 4.99 Å². The molecule has 0 bridgehead atoms. The van der Waals surface area contributed by atoms with Gasteiger partial charge in [-0.05, 0) is 49.4 Å². The maximum atomic E-state index is 13.3. The summed E-state index contributed by atoms with van der Waals surface area (Å²) in [6, 6.07) is 13.0. The van der Waals surface area contributed by atoms with E-state index in [1.165, 1.54) is 33.9 Å². The van der Waals surface area contributed by atoms with E-state index >= 15 is 0 Å². The predicted octanol–water partition coefficient (Wildman–Crippen LogP) is 4.69. The van der Waals surface area contributed by atoms with E-state index in [1.807, 2.05) is 11.6 Å². The van der Waals surface area contributed by atoms with Crippen molar-refractivity contribution in [2.45, 2.75) is 24.7 Å². The van der Waals surface area contributed by atoms with Crippen LogP contribution < -0.4 is 4.80 Å². The van der Waals surface area contributed by atoms with Gasteiger partial charge in [-0.15, -0.1) is 11.8 Å². The number of fused-ring (bicyclic) bond motifs is 1. The van der Waals surface area contributed by atoms with Gasteiger partial charge in [0.25, 0.3) is 0 Å². The minimum absolute atomic E-state index is 0.132. The number of halogens is 1. The van der Waals surface area contributed by atoms with Crippen molar-refractivity contribution in [2.75, 3.05) is 5.75 Å². The van der Waals surface area contributed by atoms with Gasteiger partial charge in [0, 0.05) is 18.4 Å². The Hall–Kier alpha value is -1.92. The van der Waals surface area contributed by atoms with Gasteiger partial charge in [-0.1, -0.05) is 29.0 Å². The average molecular weight is 375 g/mol. The lowest BCUT2D eigenvalue weighted by Gasteiger charge is -2.01. The summed E-state index contributed by atoms with van der Waals surface area (Å²) in [5, 5.41) is 0. The molecular formula is C19H19FN2OS2. The highest BCUT2D eigenvalue weighted by atomic mass is 32.2. The van der Waals surface area contributed by atoms with E-state index in [2.05, 4.69) is 36.2 Å². The van der Waals surface area contributed by atoms with E-state index in [1.54, 1.807) is 17.8 Å². The molecule has 6 heteroatoms. The maximum Gasteiger partial charge on any atom is 0.248 e. The maximum absolute atomic E-state index is 13.3. The summed E-state index contributed by atoms with van der Waals surface area (Å²) in [4.78, 5) is 18.1. The summed E-state index contributed by atoms with van der Waals surface area (Å²) in [5.74, 6) is 0.473. The molecule has 25 heavy (non-hydrogen) atoms. The van der Waals surface area contributed by atoms with E-state index in [0.29, 0.717) is 11.2 Å². The van der Waals surface area contributed by atoms with Crippen LogP contribution in [0.3, 0.4) is 0 Å². The first-order valence-electron chi connectivity index (χ1n) is 8.05. The lowest BCUT2D eigenvalue weighted by molar-refractivity contribution is -0.118. The predicted molar refractivity (Wildman–Crippen MR) is 102 cm³/mol. The highest BCUT2D eigenvalue weighted by Crippen LogP contribution is 2.20. The molecule has 0 radical (unpaired) electrons. The summed E-state index contributed by atoms with van der Waals surface area (Å²) in [6.45, 7) is 2.07. The van der Waals surface area contributed by atoms with Crippen LogP contribution in [0.15, 0.2) is 52.4 Å². The minimum Gasteiger partial charge on any atom is -0.319 e. The summed E-state index contributed by atoms with van der Waals surface area (Å²) in [5.41, 5.74) is 2.13. The third-order valence-electron chi connectivity index (χ3n) is 3.82. The van der Waals surface area contributed by atoms with Crippen molar-refractivity contribution in [1.29, 1.82) is 0 Å². The number of nitrogens with zero attached hydrogens (tertiary/aromatic N) is 2. The molecule has 3 nitrogen and oxygen atoms in total. The van der Waals surface area contributed by atoms with Crippen LogP contribution in [-0.2, 0) is 11.8 Å². The van der Waals surface area contributed by atoms with E-state index in [-0.39, 0.29) is 11.7 Å². The normalized spacial score (nSPS) is 12.0. The van der Waals surface area contributed by atoms with Crippen LogP contribution in [0.1, 0.15) is 18.4 Å². The highest BCUT2D eigenvalue weighted by molar-refractivity contribution is 7.99. The number of thiazole rings is 1. The van der Waals surface area contributed by atoms with Crippen molar-refractivity contribution < 1.29 is 9.18 Å². The number of thioether (sulfide) groups is 1. The molecule has 0 saturated heterocycles. The number of carbonyl (C=O) groups excluding carboxylic acids is 1. The zero-order valence-corrected chi connectivity index (χ0v) is 15.8. The molecule has 3 aromatic rings. The number of carbonyl (C=O) groups is 1. The fraction of sp³-hybridized carbons (Fsp3) is 0.263. The van der Waals surface area contributed by atoms with Gasteiger partial charge in [0.05, 0.1) is 10.2 Å². The van der Waals surface area contributed by atoms with Gasteiger partial charge in [0.15, 0.2) is 4.80 Å². The van der Waals surface area contributed by atoms with Crippen molar-refractivity contribution >= 4 is 39.2 Å². The van der Waals surface area contributed by atoms with E-state index in [9.17, 15) is 9.18 Å². The minimum atomic E-state index is -0.277. The molecule has 0 spiro atoms. The molecule has 1 aromatic heterocycles. The van der Waals surface area contributed by atoms with Gasteiger partial charge in [-0.3, -0.25) is 4.79 Å². The lowest BCUT2D eigenvalue weighted by atomic mass is 10.2. The Morgan fingerprint density at radius 2 is 2.00 bits per heavy atom. The molecule has 1 heterocycles. The third kappa shape index (κ3) is 4.58. The Labute approximate surface area is 154 Å². The quantitative estimate of drug-likeness (QED) is 0.480. The molecule has 0 aliphatic rings. The van der Waals surface area contributed by atoms with Crippen LogP contribution in [0.5, 0.6) is 0 Å². The van der Waals surface area contributed by atoms with Gasteiger partial charge in [-0.25, -0.2) is 4.39 Å². The molecule has 0 N–H and O–H groups in total. The Morgan fingerprint density at radius 3 is 2.76 bits per heavy atom. The standard InChI is InChI=1S/C19H19FN2OS2/c1-13-5-8-15(9-6-13)24-11-3-4-18(23)21-19-22(2)16-10-7-14(20)12-17(16)25-19/h5-10,12H,3-4,11H2,1-2H3. The Morgan fingerprint density at radius 1 is 1.24 bits per heavy atom. The Kier molecular flexibility index (Phi) is 5.71. The van der Waals surface area contributed by atoms with Gasteiger partial charge in [0.2, 0.25) is 5.91 Å². The molecule has 0 saturated carbocycles. The first-order chi connectivity index (χ1) is 12.0. The number of hydrogen-bond acceptors (Lipinski definition) is 3. The molecule has 0 atom stereocenters. The summed E-state index contributed by atoms with van der Waals surface area (Å²) in [7, 11) is 1.84. The first-order valence-corrected chi connectivity index (χ1v) is 9.85. The van der Waals surface area contributed by atoms with E-state index < -0.39 is 0 Å². The van der Waals surface area contributed by atoms with Crippen LogP contribution in [0, 0.1) is 12.7 Å². The molecule has 0 aliphatic heterocycles. The zero-order chi connectivity index (χ0) is 17.8. The molecular weight excluding hydrogens is 355 g/mol. The molecule has 1 amide bonds. The van der Waals surface area contributed by atoms with Crippen LogP contribution in [-0.4, -0.2) is 16.2 Å². The second-order valence-corrected chi connectivity index (χ2v) is 8.00. The third-order valence-corrected chi connectivity index (χ3v) is 6.01. The summed E-state index contributed by atoms with van der Waals surface area (Å²) in [6.07, 6.45) is 1.20. The van der Waals surface area contributed by atoms with Crippen LogP contribution >= 0.6 is 23.1 Å². The van der Waals surface area contributed by atoms with Crippen molar-refractivity contribution in [3.8, 4) is 0 Å². The van der Waals surface area contributed by atoms with Crippen LogP contribution in [0.4, 0.5) is 4.39 Å². The number of amides is 1. The van der Waals surface area contributed by atoms with Crippen molar-refractivity contribution in [3.63, 3.8) is 0 Å². The number of benzene rings is 2. The fourth-order valence-electron chi connectivity index (χ4n) is 2.42. The lowest BCUT2D eigenvalue weighted by Crippen LogP contribution is -2.13. The molecule has 130 valence electrons. The summed E-state index contributed by atoms with van der Waals surface area (Å²) < 4.78 is 15.9. The van der Waals surface area contributed by atoms with Gasteiger partial charge in [0.1, 0.15) is 5.82 Å². The molecule has 2 aromatic carbocycles. The van der Waals surface area contributed by atoms with E-state index in [4.69, 9.17) is 0 Å². The monoisotopic (exact) mass is 374 g/mol. The van der Waals surface area contributed by atoms with Crippen molar-refractivity contribution in [2.24, 2.45) is 12.0 Å². The molecule has 3 rings (SSSR count). The Balaban J connectivity index is 1.59. The topological polar surface area (TPSA) is 34.4 Å². The first kappa shape index (κ1) is 17.9. The number of hydrogen-bond donors (Lipinski definition) is 0. The summed E-state index contributed by atoms with van der Waals surface area (Å²) >= 11 is 3.08.